The van der Waals surface area contributed by atoms with Crippen molar-refractivity contribution in [1.29, 1.82) is 0 Å². The number of amides is 1. The normalized spacial score (nSPS) is 10.5. The van der Waals surface area contributed by atoms with E-state index in [2.05, 4.69) is 10.8 Å². The van der Waals surface area contributed by atoms with Crippen LogP contribution in [0.15, 0.2) is 84.9 Å². The van der Waals surface area contributed by atoms with E-state index in [-0.39, 0.29) is 17.7 Å². The molecule has 0 heterocycles. The number of hydrogen-bond acceptors (Lipinski definition) is 9. The van der Waals surface area contributed by atoms with E-state index in [1.54, 1.807) is 36.4 Å². The molecule has 1 amide bonds. The Morgan fingerprint density at radius 1 is 0.698 bits per heavy atom. The highest BCUT2D eigenvalue weighted by Gasteiger charge is 2.27. The van der Waals surface area contributed by atoms with Crippen LogP contribution in [0.25, 0.3) is 0 Å². The number of carboxylic acids is 2. The fraction of sp³-hybridized carbons (Fsp3) is 0.0690. The Morgan fingerprint density at radius 3 is 1.74 bits per heavy atom. The van der Waals surface area contributed by atoms with Crippen molar-refractivity contribution in [3.8, 4) is 0 Å². The third-order valence-electron chi connectivity index (χ3n) is 6.23. The molecule has 4 aromatic carbocycles. The lowest BCUT2D eigenvalue weighted by molar-refractivity contribution is -0.385. The summed E-state index contributed by atoms with van der Waals surface area (Å²) in [6.07, 6.45) is 0.527. The van der Waals surface area contributed by atoms with Crippen LogP contribution in [0.5, 0.6) is 0 Å². The summed E-state index contributed by atoms with van der Waals surface area (Å²) in [4.78, 5) is 61.9. The van der Waals surface area contributed by atoms with E-state index in [1.165, 1.54) is 24.3 Å². The van der Waals surface area contributed by atoms with Gasteiger partial charge in [-0.1, -0.05) is 42.5 Å². The Bertz CT molecular complexity index is 1720. The summed E-state index contributed by atoms with van der Waals surface area (Å²) in [6, 6.07) is 21.2. The number of carbonyl (C=O) groups excluding carboxylic acids is 1. The minimum Gasteiger partial charge on any atom is -0.477 e. The summed E-state index contributed by atoms with van der Waals surface area (Å²) >= 11 is 0. The molecule has 4 N–H and O–H groups in total. The number of nitro benzene ring substituents is 2. The minimum atomic E-state index is -1.59. The summed E-state index contributed by atoms with van der Waals surface area (Å²) < 4.78 is 0. The predicted octanol–water partition coefficient (Wildman–Crippen LogP) is 5.29. The standard InChI is InChI=1S/C29H22N4O10/c34-27(22-4-2-6-24(33(41)42)26(22)29(37)38)30-20-11-7-17(8-12-20)15-18-9-13-21(14-10-18)31-43-16-19-3-1-5-23(32(39)40)25(19)28(35)36/h1-14,31H,15-16H2,(H,30,34)(H,35,36)(H,37,38). The zero-order chi connectivity index (χ0) is 31.1. The molecular formula is C29H22N4O10. The molecule has 0 aliphatic heterocycles. The zero-order valence-electron chi connectivity index (χ0n) is 22.1. The van der Waals surface area contributed by atoms with Crippen LogP contribution in [0.4, 0.5) is 22.7 Å². The van der Waals surface area contributed by atoms with Crippen molar-refractivity contribution in [3.05, 3.63) is 139 Å². The van der Waals surface area contributed by atoms with Gasteiger partial charge in [0, 0.05) is 23.4 Å². The summed E-state index contributed by atoms with van der Waals surface area (Å²) in [7, 11) is 0. The van der Waals surface area contributed by atoms with Gasteiger partial charge in [0.25, 0.3) is 17.3 Å². The van der Waals surface area contributed by atoms with E-state index in [0.29, 0.717) is 17.8 Å². The molecule has 0 spiro atoms. The molecule has 0 unspecified atom stereocenters. The summed E-state index contributed by atoms with van der Waals surface area (Å²) in [5.41, 5.74) is 2.88. The number of carbonyl (C=O) groups is 3. The van der Waals surface area contributed by atoms with Crippen molar-refractivity contribution in [3.63, 3.8) is 0 Å². The topological polar surface area (TPSA) is 211 Å². The third-order valence-corrected chi connectivity index (χ3v) is 6.23. The van der Waals surface area contributed by atoms with Crippen LogP contribution >= 0.6 is 0 Å². The molecule has 0 saturated carbocycles. The first-order valence-corrected chi connectivity index (χ1v) is 12.4. The first kappa shape index (κ1) is 29.8. The van der Waals surface area contributed by atoms with Crippen molar-refractivity contribution in [1.82, 2.24) is 0 Å². The molecule has 0 bridgehead atoms. The fourth-order valence-electron chi connectivity index (χ4n) is 4.24. The second-order valence-electron chi connectivity index (χ2n) is 9.05. The summed E-state index contributed by atoms with van der Waals surface area (Å²) in [5, 5.41) is 43.7. The zero-order valence-corrected chi connectivity index (χ0v) is 22.1. The lowest BCUT2D eigenvalue weighted by Crippen LogP contribution is -2.17. The Morgan fingerprint density at radius 2 is 1.21 bits per heavy atom. The number of benzene rings is 4. The Hall–Kier alpha value is -6.15. The number of hydrogen-bond donors (Lipinski definition) is 4. The van der Waals surface area contributed by atoms with Crippen LogP contribution < -0.4 is 10.8 Å². The minimum absolute atomic E-state index is 0.137. The van der Waals surface area contributed by atoms with Gasteiger partial charge in [-0.3, -0.25) is 35.3 Å². The molecule has 0 aromatic heterocycles. The van der Waals surface area contributed by atoms with E-state index in [0.717, 1.165) is 23.3 Å². The van der Waals surface area contributed by atoms with Crippen LogP contribution in [0, 0.1) is 20.2 Å². The molecule has 0 fully saturated rings. The lowest BCUT2D eigenvalue weighted by Gasteiger charge is -2.11. The Kier molecular flexibility index (Phi) is 9.02. The highest BCUT2D eigenvalue weighted by atomic mass is 16.6. The van der Waals surface area contributed by atoms with E-state index in [1.807, 2.05) is 12.1 Å². The number of nitro groups is 2. The number of rotatable bonds is 12. The first-order chi connectivity index (χ1) is 20.5. The van der Waals surface area contributed by atoms with Gasteiger partial charge in [-0.2, -0.15) is 0 Å². The third kappa shape index (κ3) is 7.14. The van der Waals surface area contributed by atoms with Crippen LogP contribution in [0.1, 0.15) is 47.8 Å². The number of nitrogens with one attached hydrogen (secondary N) is 2. The van der Waals surface area contributed by atoms with E-state index < -0.39 is 50.2 Å². The molecule has 0 saturated heterocycles. The number of anilines is 2. The van der Waals surface area contributed by atoms with Crippen molar-refractivity contribution in [2.75, 3.05) is 10.8 Å². The van der Waals surface area contributed by atoms with Gasteiger partial charge >= 0.3 is 11.9 Å². The van der Waals surface area contributed by atoms with Gasteiger partial charge in [-0.05, 0) is 47.9 Å². The Balaban J connectivity index is 1.35. The van der Waals surface area contributed by atoms with Crippen molar-refractivity contribution >= 4 is 40.6 Å². The van der Waals surface area contributed by atoms with Gasteiger partial charge in [-0.15, -0.1) is 0 Å². The van der Waals surface area contributed by atoms with Crippen molar-refractivity contribution in [2.45, 2.75) is 13.0 Å². The van der Waals surface area contributed by atoms with E-state index in [4.69, 9.17) is 4.84 Å². The SMILES string of the molecule is O=C(Nc1ccc(Cc2ccc(NOCc3cccc([N+](=O)[O-])c3C(=O)O)cc2)cc1)c1cccc([N+](=O)[O-])c1C(=O)O. The van der Waals surface area contributed by atoms with E-state index in [9.17, 15) is 44.8 Å². The van der Waals surface area contributed by atoms with Gasteiger partial charge in [-0.25, -0.2) is 9.59 Å². The molecule has 0 radical (unpaired) electrons. The molecule has 218 valence electrons. The van der Waals surface area contributed by atoms with Gasteiger partial charge in [0.15, 0.2) is 0 Å². The van der Waals surface area contributed by atoms with Crippen LogP contribution in [-0.4, -0.2) is 37.9 Å². The molecular weight excluding hydrogens is 564 g/mol. The quantitative estimate of drug-likeness (QED) is 0.124. The number of nitrogens with zero attached hydrogens (tertiary/aromatic N) is 2. The van der Waals surface area contributed by atoms with Crippen LogP contribution in [0.3, 0.4) is 0 Å². The van der Waals surface area contributed by atoms with Crippen molar-refractivity contribution < 1.29 is 39.3 Å². The smallest absolute Gasteiger partial charge is 0.343 e. The second kappa shape index (κ2) is 13.0. The van der Waals surface area contributed by atoms with E-state index >= 15 is 0 Å². The maximum absolute atomic E-state index is 12.7. The molecule has 0 atom stereocenters. The number of aromatic carboxylic acids is 2. The van der Waals surface area contributed by atoms with Crippen LogP contribution in [0.2, 0.25) is 0 Å². The van der Waals surface area contributed by atoms with Gasteiger partial charge < -0.3 is 15.5 Å². The average molecular weight is 587 g/mol. The predicted molar refractivity (Wildman–Crippen MR) is 152 cm³/mol. The average Bonchev–Trinajstić information content (AvgIpc) is 2.98. The first-order valence-electron chi connectivity index (χ1n) is 12.4. The Labute approximate surface area is 242 Å². The molecule has 4 aromatic rings. The molecule has 43 heavy (non-hydrogen) atoms. The molecule has 14 heteroatoms. The van der Waals surface area contributed by atoms with Gasteiger partial charge in [0.05, 0.1) is 21.1 Å². The highest BCUT2D eigenvalue weighted by molar-refractivity contribution is 6.12. The van der Waals surface area contributed by atoms with Gasteiger partial charge in [0.1, 0.15) is 17.7 Å². The van der Waals surface area contributed by atoms with Gasteiger partial charge in [0.2, 0.25) is 0 Å². The molecule has 4 rings (SSSR count). The largest absolute Gasteiger partial charge is 0.477 e. The molecule has 0 aliphatic rings. The lowest BCUT2D eigenvalue weighted by atomic mass is 10.0. The fourth-order valence-corrected chi connectivity index (χ4v) is 4.24. The monoisotopic (exact) mass is 586 g/mol. The summed E-state index contributed by atoms with van der Waals surface area (Å²) in [5.74, 6) is -3.82. The number of carboxylic acid groups (broad SMARTS) is 2. The van der Waals surface area contributed by atoms with Crippen molar-refractivity contribution in [2.24, 2.45) is 0 Å². The molecule has 14 nitrogen and oxygen atoms in total. The van der Waals surface area contributed by atoms with Crippen LogP contribution in [-0.2, 0) is 17.9 Å². The summed E-state index contributed by atoms with van der Waals surface area (Å²) in [6.45, 7) is -0.229. The second-order valence-corrected chi connectivity index (χ2v) is 9.05. The molecule has 0 aliphatic carbocycles. The highest BCUT2D eigenvalue weighted by Crippen LogP contribution is 2.25. The maximum atomic E-state index is 12.7. The maximum Gasteiger partial charge on any atom is 0.343 e.